The fraction of sp³-hybridized carbons (Fsp3) is 0.381. The Balaban J connectivity index is 1.84. The molecule has 0 spiro atoms. The van der Waals surface area contributed by atoms with Crippen LogP contribution in [0.25, 0.3) is 11.1 Å². The monoisotopic (exact) mass is 441 g/mol. The van der Waals surface area contributed by atoms with Gasteiger partial charge in [-0.2, -0.15) is 13.2 Å². The van der Waals surface area contributed by atoms with E-state index in [4.69, 9.17) is 9.05 Å². The lowest BCUT2D eigenvalue weighted by Crippen LogP contribution is -2.34. The minimum absolute atomic E-state index is 0.0683. The molecule has 0 aromatic heterocycles. The lowest BCUT2D eigenvalue weighted by molar-refractivity contribution is -0.123. The van der Waals surface area contributed by atoms with Crippen molar-refractivity contribution in [1.82, 2.24) is 5.32 Å². The van der Waals surface area contributed by atoms with Crippen molar-refractivity contribution >= 4 is 13.7 Å². The first-order valence-electron chi connectivity index (χ1n) is 9.72. The quantitative estimate of drug-likeness (QED) is 0.378. The largest absolute Gasteiger partial charge is 0.414 e. The summed E-state index contributed by atoms with van der Waals surface area (Å²) in [6.07, 6.45) is -4.81. The maximum atomic E-state index is 13.4. The molecule has 0 bridgehead atoms. The molecular weight excluding hydrogens is 418 g/mol. The summed E-state index contributed by atoms with van der Waals surface area (Å²) >= 11 is 0. The summed E-state index contributed by atoms with van der Waals surface area (Å²) in [4.78, 5) is 11.9. The number of carbonyl (C=O) groups is 1. The van der Waals surface area contributed by atoms with Gasteiger partial charge >= 0.3 is 19.9 Å². The summed E-state index contributed by atoms with van der Waals surface area (Å²) in [5.41, 5.74) is 3.38. The molecule has 1 amide bonds. The molecule has 1 unspecified atom stereocenters. The highest BCUT2D eigenvalue weighted by Crippen LogP contribution is 2.57. The van der Waals surface area contributed by atoms with Gasteiger partial charge < -0.3 is 9.84 Å². The van der Waals surface area contributed by atoms with Crippen molar-refractivity contribution in [3.05, 3.63) is 59.7 Å². The van der Waals surface area contributed by atoms with Crippen LogP contribution >= 0.6 is 7.60 Å². The second-order valence-corrected chi connectivity index (χ2v) is 9.11. The van der Waals surface area contributed by atoms with E-state index in [9.17, 15) is 22.5 Å². The molecule has 3 rings (SSSR count). The van der Waals surface area contributed by atoms with Gasteiger partial charge in [0.05, 0.1) is 6.16 Å². The van der Waals surface area contributed by atoms with Gasteiger partial charge in [0.1, 0.15) is 12.6 Å². The highest BCUT2D eigenvalue weighted by Gasteiger charge is 2.38. The Morgan fingerprint density at radius 1 is 1.03 bits per heavy atom. The molecular formula is C21H23F3NO4P. The van der Waals surface area contributed by atoms with E-state index in [2.05, 4.69) is 0 Å². The van der Waals surface area contributed by atoms with Crippen molar-refractivity contribution in [3.8, 4) is 11.1 Å². The van der Waals surface area contributed by atoms with E-state index in [1.165, 1.54) is 0 Å². The van der Waals surface area contributed by atoms with E-state index >= 15 is 0 Å². The van der Waals surface area contributed by atoms with Gasteiger partial charge in [-0.15, -0.1) is 0 Å². The van der Waals surface area contributed by atoms with Crippen LogP contribution in [0.3, 0.4) is 0 Å². The second kappa shape index (κ2) is 9.23. The molecule has 1 N–H and O–H groups in total. The van der Waals surface area contributed by atoms with Gasteiger partial charge in [-0.05, 0) is 28.7 Å². The van der Waals surface area contributed by atoms with Crippen LogP contribution in [0.4, 0.5) is 18.0 Å². The molecule has 5 nitrogen and oxygen atoms in total. The molecule has 0 aliphatic heterocycles. The number of carbonyl (C=O) groups excluding carboxylic acids is 1. The van der Waals surface area contributed by atoms with Crippen molar-refractivity contribution in [2.45, 2.75) is 38.5 Å². The molecule has 2 aromatic rings. The predicted octanol–water partition coefficient (Wildman–Crippen LogP) is 6.44. The minimum Gasteiger partial charge on any atom is -0.375 e. The number of hydrogen-bond acceptors (Lipinski definition) is 4. The molecule has 1 atom stereocenters. The molecule has 0 saturated heterocycles. The first-order valence-corrected chi connectivity index (χ1v) is 11.4. The fourth-order valence-corrected chi connectivity index (χ4v) is 5.11. The number of fused-ring (bicyclic) bond motifs is 3. The third-order valence-corrected chi connectivity index (χ3v) is 6.57. The number of alkyl halides is 3. The average Bonchev–Trinajstić information content (AvgIpc) is 3.00. The number of nitrogens with one attached hydrogen (secondary N) is 1. The third kappa shape index (κ3) is 5.43. The van der Waals surface area contributed by atoms with E-state index in [1.54, 1.807) is 5.32 Å². The van der Waals surface area contributed by atoms with Crippen molar-refractivity contribution in [1.29, 1.82) is 0 Å². The molecule has 162 valence electrons. The third-order valence-electron chi connectivity index (χ3n) is 4.73. The van der Waals surface area contributed by atoms with Crippen molar-refractivity contribution in [2.24, 2.45) is 0 Å². The zero-order chi connectivity index (χ0) is 21.8. The van der Waals surface area contributed by atoms with Gasteiger partial charge in [-0.3, -0.25) is 4.52 Å². The van der Waals surface area contributed by atoms with Crippen LogP contribution in [0, 0.1) is 0 Å². The molecule has 9 heteroatoms. The zero-order valence-corrected chi connectivity index (χ0v) is 17.3. The maximum absolute atomic E-state index is 13.4. The lowest BCUT2D eigenvalue weighted by atomic mass is 10.1. The van der Waals surface area contributed by atoms with E-state index in [0.29, 0.717) is 6.42 Å². The first kappa shape index (κ1) is 22.4. The Morgan fingerprint density at radius 3 is 2.13 bits per heavy atom. The highest BCUT2D eigenvalue weighted by atomic mass is 31.2. The van der Waals surface area contributed by atoms with Crippen LogP contribution in [-0.4, -0.2) is 25.0 Å². The number of unbranched alkanes of at least 4 members (excludes halogenated alkanes) is 2. The Morgan fingerprint density at radius 2 is 1.60 bits per heavy atom. The fourth-order valence-electron chi connectivity index (χ4n) is 3.39. The maximum Gasteiger partial charge on any atom is 0.414 e. The summed E-state index contributed by atoms with van der Waals surface area (Å²) in [6.45, 7) is 0.377. The number of amides is 1. The molecule has 1 aliphatic carbocycles. The zero-order valence-electron chi connectivity index (χ0n) is 16.4. The SMILES string of the molecule is CCCCCP(=O)(OC(=O)NCC(F)(F)F)OC1c2ccccc2-c2ccccc21. The van der Waals surface area contributed by atoms with Gasteiger partial charge in [0, 0.05) is 0 Å². The number of hydrogen-bond donors (Lipinski definition) is 1. The number of benzene rings is 2. The number of halogens is 3. The Bertz CT molecular complexity index is 902. The van der Waals surface area contributed by atoms with E-state index in [0.717, 1.165) is 35.1 Å². The molecule has 2 aromatic carbocycles. The molecule has 0 heterocycles. The standard InChI is InChI=1S/C21H23F3NO4P/c1-2-3-8-13-30(27,29-20(26)25-14-21(22,23)24)28-19-17-11-6-4-9-15(17)16-10-5-7-12-18(16)19/h4-7,9-12,19H,2-3,8,13-14H2,1H3,(H,25,26). The summed E-state index contributed by atoms with van der Waals surface area (Å²) in [5.74, 6) is 0. The first-order chi connectivity index (χ1) is 14.2. The normalized spacial score (nSPS) is 15.2. The molecule has 0 radical (unpaired) electrons. The van der Waals surface area contributed by atoms with Gasteiger partial charge in [0.2, 0.25) is 0 Å². The Labute approximate surface area is 173 Å². The van der Waals surface area contributed by atoms with Gasteiger partial charge in [-0.1, -0.05) is 68.3 Å². The smallest absolute Gasteiger partial charge is 0.375 e. The minimum atomic E-state index is -4.60. The summed E-state index contributed by atoms with van der Waals surface area (Å²) in [7, 11) is -4.03. The van der Waals surface area contributed by atoms with Gasteiger partial charge in [-0.25, -0.2) is 9.36 Å². The van der Waals surface area contributed by atoms with Crippen molar-refractivity contribution < 1.29 is 31.6 Å². The predicted molar refractivity (Wildman–Crippen MR) is 107 cm³/mol. The topological polar surface area (TPSA) is 64.6 Å². The molecule has 0 fully saturated rings. The van der Waals surface area contributed by atoms with E-state index in [-0.39, 0.29) is 6.16 Å². The Kier molecular flexibility index (Phi) is 6.88. The summed E-state index contributed by atoms with van der Waals surface area (Å²) in [6, 6.07) is 14.9. The highest BCUT2D eigenvalue weighted by molar-refractivity contribution is 7.54. The number of rotatable bonds is 8. The molecule has 30 heavy (non-hydrogen) atoms. The lowest BCUT2D eigenvalue weighted by Gasteiger charge is -2.23. The second-order valence-electron chi connectivity index (χ2n) is 7.05. The van der Waals surface area contributed by atoms with Crippen LogP contribution in [0.15, 0.2) is 48.5 Å². The molecule has 0 saturated carbocycles. The van der Waals surface area contributed by atoms with Crippen LogP contribution in [0.1, 0.15) is 43.4 Å². The van der Waals surface area contributed by atoms with Crippen molar-refractivity contribution in [3.63, 3.8) is 0 Å². The van der Waals surface area contributed by atoms with Gasteiger partial charge in [0.15, 0.2) is 0 Å². The summed E-state index contributed by atoms with van der Waals surface area (Å²) < 4.78 is 61.4. The summed E-state index contributed by atoms with van der Waals surface area (Å²) in [5, 5.41) is 1.59. The van der Waals surface area contributed by atoms with Gasteiger partial charge in [0.25, 0.3) is 0 Å². The Hall–Kier alpha value is -2.31. The van der Waals surface area contributed by atoms with Crippen LogP contribution in [0.5, 0.6) is 0 Å². The van der Waals surface area contributed by atoms with Crippen LogP contribution < -0.4 is 5.32 Å². The van der Waals surface area contributed by atoms with E-state index < -0.39 is 32.5 Å². The average molecular weight is 441 g/mol. The van der Waals surface area contributed by atoms with Crippen LogP contribution in [-0.2, 0) is 13.6 Å². The van der Waals surface area contributed by atoms with E-state index in [1.807, 2.05) is 55.5 Å². The molecule has 1 aliphatic rings. The van der Waals surface area contributed by atoms with Crippen molar-refractivity contribution in [2.75, 3.05) is 12.7 Å². The van der Waals surface area contributed by atoms with Crippen LogP contribution in [0.2, 0.25) is 0 Å².